The number of nitrogens with zero attached hydrogens (tertiary/aromatic N) is 2. The number of para-hydroxylation sites is 3. The van der Waals surface area contributed by atoms with Gasteiger partial charge in [-0.3, -0.25) is 4.99 Å². The average molecular weight is 618 g/mol. The van der Waals surface area contributed by atoms with E-state index in [1.165, 1.54) is 39.1 Å². The standard InChI is InChI=1S/C45H35N3/c1-4-12-34(13-5-1)36-22-20-33(21-23-36)32-46-44(38-26-24-37(25-27-38)35-14-6-2-7-15-35)39-28-30-40(31-29-39)45-47-42-18-10-11-19-43(42)48(45)41-16-8-3-9-17-41/h1-31,45,47H,32H2. The van der Waals surface area contributed by atoms with Crippen LogP contribution >= 0.6 is 0 Å². The third-order valence-electron chi connectivity index (χ3n) is 8.99. The van der Waals surface area contributed by atoms with Gasteiger partial charge in [-0.25, -0.2) is 0 Å². The van der Waals surface area contributed by atoms with Gasteiger partial charge >= 0.3 is 0 Å². The van der Waals surface area contributed by atoms with Crippen molar-refractivity contribution in [1.29, 1.82) is 0 Å². The van der Waals surface area contributed by atoms with Crippen molar-refractivity contribution in [2.45, 2.75) is 12.7 Å². The molecule has 3 nitrogen and oxygen atoms in total. The minimum atomic E-state index is -0.0208. The van der Waals surface area contributed by atoms with Gasteiger partial charge in [-0.15, -0.1) is 0 Å². The van der Waals surface area contributed by atoms with E-state index in [-0.39, 0.29) is 6.17 Å². The lowest BCUT2D eigenvalue weighted by Gasteiger charge is -2.27. The lowest BCUT2D eigenvalue weighted by Crippen LogP contribution is -2.23. The van der Waals surface area contributed by atoms with Crippen LogP contribution in [0.5, 0.6) is 0 Å². The summed E-state index contributed by atoms with van der Waals surface area (Å²) < 4.78 is 0. The van der Waals surface area contributed by atoms with Gasteiger partial charge in [0.05, 0.1) is 23.6 Å². The van der Waals surface area contributed by atoms with Gasteiger partial charge in [0, 0.05) is 16.8 Å². The Kier molecular flexibility index (Phi) is 8.08. The molecule has 230 valence electrons. The van der Waals surface area contributed by atoms with Gasteiger partial charge in [0.2, 0.25) is 0 Å². The molecule has 1 aliphatic heterocycles. The number of fused-ring (bicyclic) bond motifs is 1. The van der Waals surface area contributed by atoms with Crippen molar-refractivity contribution >= 4 is 22.8 Å². The molecular weight excluding hydrogens is 583 g/mol. The highest BCUT2D eigenvalue weighted by molar-refractivity contribution is 6.13. The van der Waals surface area contributed by atoms with Crippen LogP contribution in [0.15, 0.2) is 193 Å². The van der Waals surface area contributed by atoms with Gasteiger partial charge in [-0.05, 0) is 57.6 Å². The Bertz CT molecular complexity index is 2140. The fraction of sp³-hybridized carbons (Fsp3) is 0.0444. The van der Waals surface area contributed by atoms with E-state index < -0.39 is 0 Å². The predicted molar refractivity (Wildman–Crippen MR) is 201 cm³/mol. The molecule has 0 bridgehead atoms. The molecule has 0 amide bonds. The molecule has 0 radical (unpaired) electrons. The number of rotatable bonds is 8. The highest BCUT2D eigenvalue weighted by atomic mass is 15.3. The molecule has 1 unspecified atom stereocenters. The maximum atomic E-state index is 5.25. The molecule has 7 aromatic carbocycles. The molecule has 0 spiro atoms. The van der Waals surface area contributed by atoms with Gasteiger partial charge in [0.25, 0.3) is 0 Å². The van der Waals surface area contributed by atoms with Crippen LogP contribution in [0, 0.1) is 0 Å². The van der Waals surface area contributed by atoms with Crippen LogP contribution in [0.4, 0.5) is 17.1 Å². The summed E-state index contributed by atoms with van der Waals surface area (Å²) in [5, 5.41) is 3.76. The average Bonchev–Trinajstić information content (AvgIpc) is 3.56. The largest absolute Gasteiger partial charge is 0.359 e. The van der Waals surface area contributed by atoms with Crippen molar-refractivity contribution in [3.63, 3.8) is 0 Å². The first-order valence-electron chi connectivity index (χ1n) is 16.4. The zero-order chi connectivity index (χ0) is 32.1. The topological polar surface area (TPSA) is 27.6 Å². The minimum Gasteiger partial charge on any atom is -0.359 e. The maximum absolute atomic E-state index is 5.25. The third kappa shape index (κ3) is 6.02. The first-order valence-corrected chi connectivity index (χ1v) is 16.4. The van der Waals surface area contributed by atoms with Gasteiger partial charge in [0.15, 0.2) is 0 Å². The second-order valence-corrected chi connectivity index (χ2v) is 12.1. The number of hydrogen-bond acceptors (Lipinski definition) is 3. The summed E-state index contributed by atoms with van der Waals surface area (Å²) in [5.74, 6) is 0. The lowest BCUT2D eigenvalue weighted by molar-refractivity contribution is 0.828. The Labute approximate surface area is 282 Å². The van der Waals surface area contributed by atoms with Gasteiger partial charge in [0.1, 0.15) is 6.17 Å². The Morgan fingerprint density at radius 3 is 1.56 bits per heavy atom. The summed E-state index contributed by atoms with van der Waals surface area (Å²) in [6.07, 6.45) is -0.0208. The second kappa shape index (κ2) is 13.3. The molecule has 0 saturated heterocycles. The van der Waals surface area contributed by atoms with Crippen molar-refractivity contribution in [3.8, 4) is 22.3 Å². The molecule has 1 heterocycles. The van der Waals surface area contributed by atoms with Crippen molar-refractivity contribution in [1.82, 2.24) is 0 Å². The first kappa shape index (κ1) is 29.2. The second-order valence-electron chi connectivity index (χ2n) is 12.1. The molecule has 0 aromatic heterocycles. The van der Waals surface area contributed by atoms with Crippen LogP contribution in [0.3, 0.4) is 0 Å². The fourth-order valence-corrected chi connectivity index (χ4v) is 6.49. The molecule has 0 saturated carbocycles. The highest BCUT2D eigenvalue weighted by Gasteiger charge is 2.30. The van der Waals surface area contributed by atoms with Gasteiger partial charge in [-0.1, -0.05) is 164 Å². The molecular formula is C45H35N3. The predicted octanol–water partition coefficient (Wildman–Crippen LogP) is 11.3. The number of benzene rings is 7. The van der Waals surface area contributed by atoms with Crippen molar-refractivity contribution in [2.24, 2.45) is 4.99 Å². The maximum Gasteiger partial charge on any atom is 0.130 e. The van der Waals surface area contributed by atoms with Crippen LogP contribution in [0.2, 0.25) is 0 Å². The van der Waals surface area contributed by atoms with E-state index in [9.17, 15) is 0 Å². The quantitative estimate of drug-likeness (QED) is 0.172. The van der Waals surface area contributed by atoms with Crippen molar-refractivity contribution in [2.75, 3.05) is 10.2 Å². The summed E-state index contributed by atoms with van der Waals surface area (Å²) in [4.78, 5) is 7.63. The molecule has 48 heavy (non-hydrogen) atoms. The Hall–Kier alpha value is -6.19. The Balaban J connectivity index is 1.12. The monoisotopic (exact) mass is 617 g/mol. The van der Waals surface area contributed by atoms with E-state index in [2.05, 4.69) is 198 Å². The van der Waals surface area contributed by atoms with Crippen LogP contribution < -0.4 is 10.2 Å². The van der Waals surface area contributed by atoms with E-state index in [1.54, 1.807) is 0 Å². The molecule has 1 atom stereocenters. The normalized spacial score (nSPS) is 14.0. The van der Waals surface area contributed by atoms with Gasteiger partial charge < -0.3 is 10.2 Å². The van der Waals surface area contributed by atoms with Crippen LogP contribution in [-0.4, -0.2) is 5.71 Å². The zero-order valence-corrected chi connectivity index (χ0v) is 26.6. The van der Waals surface area contributed by atoms with E-state index in [1.807, 2.05) is 0 Å². The van der Waals surface area contributed by atoms with Gasteiger partial charge in [-0.2, -0.15) is 0 Å². The smallest absolute Gasteiger partial charge is 0.130 e. The molecule has 3 heteroatoms. The summed E-state index contributed by atoms with van der Waals surface area (Å²) in [5.41, 5.74) is 13.8. The first-order chi connectivity index (χ1) is 23.8. The minimum absolute atomic E-state index is 0.0208. The van der Waals surface area contributed by atoms with Crippen LogP contribution in [0.1, 0.15) is 28.4 Å². The van der Waals surface area contributed by atoms with E-state index in [4.69, 9.17) is 4.99 Å². The fourth-order valence-electron chi connectivity index (χ4n) is 6.49. The number of nitrogens with one attached hydrogen (secondary N) is 1. The molecule has 0 fully saturated rings. The van der Waals surface area contributed by atoms with E-state index >= 15 is 0 Å². The number of hydrogen-bond donors (Lipinski definition) is 1. The SMILES string of the molecule is c1ccc(-c2ccc(CN=C(c3ccc(-c4ccccc4)cc3)c3ccc(C4Nc5ccccc5N4c4ccccc4)cc3)cc2)cc1. The van der Waals surface area contributed by atoms with E-state index in [0.717, 1.165) is 28.2 Å². The van der Waals surface area contributed by atoms with Crippen LogP contribution in [-0.2, 0) is 6.54 Å². The Morgan fingerprint density at radius 1 is 0.479 bits per heavy atom. The summed E-state index contributed by atoms with van der Waals surface area (Å²) in [7, 11) is 0. The van der Waals surface area contributed by atoms with Crippen molar-refractivity contribution in [3.05, 3.63) is 210 Å². The Morgan fingerprint density at radius 2 is 0.958 bits per heavy atom. The summed E-state index contributed by atoms with van der Waals surface area (Å²) in [6, 6.07) is 66.5. The highest BCUT2D eigenvalue weighted by Crippen LogP contribution is 2.45. The molecule has 1 N–H and O–H groups in total. The molecule has 0 aliphatic carbocycles. The van der Waals surface area contributed by atoms with E-state index in [0.29, 0.717) is 6.54 Å². The lowest BCUT2D eigenvalue weighted by atomic mass is 9.97. The molecule has 7 aromatic rings. The third-order valence-corrected chi connectivity index (χ3v) is 8.99. The van der Waals surface area contributed by atoms with Crippen LogP contribution in [0.25, 0.3) is 22.3 Å². The molecule has 1 aliphatic rings. The number of anilines is 3. The zero-order valence-electron chi connectivity index (χ0n) is 26.6. The number of aliphatic imine (C=N–C) groups is 1. The summed E-state index contributed by atoms with van der Waals surface area (Å²) in [6.45, 7) is 0.591. The molecule has 8 rings (SSSR count). The van der Waals surface area contributed by atoms with Crippen molar-refractivity contribution < 1.29 is 0 Å². The summed E-state index contributed by atoms with van der Waals surface area (Å²) >= 11 is 0.